The highest BCUT2D eigenvalue weighted by atomic mass is 15.1. The molecule has 73 heavy (non-hydrogen) atoms. The number of nitrogens with zero attached hydrogens (tertiary/aromatic N) is 1. The highest BCUT2D eigenvalue weighted by Gasteiger charge is 2.52. The second-order valence-corrected chi connectivity index (χ2v) is 21.1. The van der Waals surface area contributed by atoms with Crippen LogP contribution in [-0.2, 0) is 10.8 Å². The summed E-state index contributed by atoms with van der Waals surface area (Å²) in [5.41, 5.74) is 20.9. The number of hydrogen-bond acceptors (Lipinski definition) is 1. The topological polar surface area (TPSA) is 3.24 Å². The van der Waals surface area contributed by atoms with Gasteiger partial charge in [0.25, 0.3) is 0 Å². The molecule has 0 atom stereocenters. The molecule has 0 heterocycles. The van der Waals surface area contributed by atoms with E-state index in [1.165, 1.54) is 132 Å². The highest BCUT2D eigenvalue weighted by molar-refractivity contribution is 6.26. The van der Waals surface area contributed by atoms with Crippen LogP contribution < -0.4 is 4.90 Å². The van der Waals surface area contributed by atoms with Crippen LogP contribution in [0, 0.1) is 0 Å². The van der Waals surface area contributed by atoms with Crippen molar-refractivity contribution in [1.29, 1.82) is 0 Å². The SMILES string of the molecule is CC1(C)c2ccccc2-c2ccc(N(c3ccc4c5ccccc5c5ccccc5c4c3)c3cc4c(cc3-c3ccc5ccc6ccccc6c5c3)-c3ccccc3C43c4ccccc4-c4ccccc43)cc21. The zero-order chi connectivity index (χ0) is 48.2. The van der Waals surface area contributed by atoms with E-state index in [0.717, 1.165) is 17.1 Å². The molecular weight excluding hydrogens is 879 g/mol. The molecule has 13 aromatic carbocycles. The number of rotatable bonds is 4. The molecule has 0 radical (unpaired) electrons. The molecule has 0 bridgehead atoms. The average molecular weight is 926 g/mol. The molecule has 0 aromatic heterocycles. The highest BCUT2D eigenvalue weighted by Crippen LogP contribution is 2.64. The van der Waals surface area contributed by atoms with Crippen LogP contribution in [0.25, 0.3) is 98.4 Å². The maximum absolute atomic E-state index is 2.61. The van der Waals surface area contributed by atoms with E-state index in [1.807, 2.05) is 0 Å². The van der Waals surface area contributed by atoms with Crippen molar-refractivity contribution in [3.05, 3.63) is 282 Å². The number of hydrogen-bond donors (Lipinski definition) is 0. The fourth-order valence-electron chi connectivity index (χ4n) is 14.0. The molecule has 0 amide bonds. The third-order valence-corrected chi connectivity index (χ3v) is 17.2. The molecule has 340 valence electrons. The van der Waals surface area contributed by atoms with Gasteiger partial charge in [-0.2, -0.15) is 0 Å². The maximum atomic E-state index is 2.61. The zero-order valence-electron chi connectivity index (χ0n) is 40.6. The molecule has 3 aliphatic rings. The van der Waals surface area contributed by atoms with E-state index in [0.29, 0.717) is 0 Å². The third-order valence-electron chi connectivity index (χ3n) is 17.2. The van der Waals surface area contributed by atoms with Gasteiger partial charge < -0.3 is 4.90 Å². The minimum atomic E-state index is -0.530. The van der Waals surface area contributed by atoms with E-state index in [1.54, 1.807) is 0 Å². The summed E-state index contributed by atoms with van der Waals surface area (Å²) in [7, 11) is 0. The minimum absolute atomic E-state index is 0.199. The molecule has 16 rings (SSSR count). The van der Waals surface area contributed by atoms with Gasteiger partial charge in [0.2, 0.25) is 0 Å². The fraction of sp³-hybridized carbons (Fsp3) is 0.0556. The lowest BCUT2D eigenvalue weighted by Gasteiger charge is -2.34. The molecule has 0 saturated carbocycles. The average Bonchev–Trinajstić information content (AvgIpc) is 4.00. The Bertz CT molecular complexity index is 4470. The first-order chi connectivity index (χ1) is 36.0. The minimum Gasteiger partial charge on any atom is -0.310 e. The quantitative estimate of drug-likeness (QED) is 0.159. The van der Waals surface area contributed by atoms with E-state index < -0.39 is 5.41 Å². The normalized spacial score (nSPS) is 14.1. The summed E-state index contributed by atoms with van der Waals surface area (Å²) < 4.78 is 0. The first-order valence-corrected chi connectivity index (χ1v) is 25.7. The van der Waals surface area contributed by atoms with Crippen molar-refractivity contribution in [2.24, 2.45) is 0 Å². The molecule has 3 aliphatic carbocycles. The van der Waals surface area contributed by atoms with E-state index in [2.05, 4.69) is 267 Å². The molecule has 0 N–H and O–H groups in total. The van der Waals surface area contributed by atoms with Crippen LogP contribution in [0.3, 0.4) is 0 Å². The van der Waals surface area contributed by atoms with Gasteiger partial charge in [0.1, 0.15) is 0 Å². The molecule has 1 heteroatoms. The Labute approximate surface area is 424 Å². The molecule has 0 saturated heterocycles. The van der Waals surface area contributed by atoms with Crippen LogP contribution in [0.4, 0.5) is 17.1 Å². The van der Waals surface area contributed by atoms with Crippen molar-refractivity contribution >= 4 is 70.9 Å². The lowest BCUT2D eigenvalue weighted by Crippen LogP contribution is -2.26. The van der Waals surface area contributed by atoms with Gasteiger partial charge >= 0.3 is 0 Å². The maximum Gasteiger partial charge on any atom is 0.0726 e. The molecule has 0 aliphatic heterocycles. The molecule has 0 unspecified atom stereocenters. The number of anilines is 3. The van der Waals surface area contributed by atoms with Crippen molar-refractivity contribution in [3.63, 3.8) is 0 Å². The number of fused-ring (bicyclic) bond motifs is 22. The predicted molar refractivity (Wildman–Crippen MR) is 308 cm³/mol. The summed E-state index contributed by atoms with van der Waals surface area (Å²) in [6.07, 6.45) is 0. The Morgan fingerprint density at radius 3 is 1.36 bits per heavy atom. The van der Waals surface area contributed by atoms with Gasteiger partial charge in [-0.05, 0) is 169 Å². The largest absolute Gasteiger partial charge is 0.310 e. The summed E-state index contributed by atoms with van der Waals surface area (Å²) in [6, 6.07) is 94.6. The van der Waals surface area contributed by atoms with Crippen molar-refractivity contribution in [2.75, 3.05) is 4.90 Å². The monoisotopic (exact) mass is 925 g/mol. The Morgan fingerprint density at radius 2 is 0.712 bits per heavy atom. The summed E-state index contributed by atoms with van der Waals surface area (Å²) in [4.78, 5) is 2.61. The summed E-state index contributed by atoms with van der Waals surface area (Å²) in [6.45, 7) is 4.80. The summed E-state index contributed by atoms with van der Waals surface area (Å²) >= 11 is 0. The third kappa shape index (κ3) is 5.41. The van der Waals surface area contributed by atoms with Crippen LogP contribution in [-0.4, -0.2) is 0 Å². The summed E-state index contributed by atoms with van der Waals surface area (Å²) in [5, 5.41) is 12.6. The fourth-order valence-corrected chi connectivity index (χ4v) is 14.0. The number of benzene rings is 13. The van der Waals surface area contributed by atoms with Gasteiger partial charge in [-0.15, -0.1) is 0 Å². The van der Waals surface area contributed by atoms with Gasteiger partial charge in [-0.25, -0.2) is 0 Å². The van der Waals surface area contributed by atoms with Gasteiger partial charge in [-0.3, -0.25) is 0 Å². The second kappa shape index (κ2) is 14.8. The van der Waals surface area contributed by atoms with Crippen LogP contribution in [0.15, 0.2) is 249 Å². The zero-order valence-corrected chi connectivity index (χ0v) is 40.6. The second-order valence-electron chi connectivity index (χ2n) is 21.1. The van der Waals surface area contributed by atoms with Crippen LogP contribution in [0.5, 0.6) is 0 Å². The molecule has 1 nitrogen and oxygen atoms in total. The van der Waals surface area contributed by atoms with Gasteiger partial charge in [0, 0.05) is 22.4 Å². The van der Waals surface area contributed by atoms with E-state index >= 15 is 0 Å². The van der Waals surface area contributed by atoms with Crippen molar-refractivity contribution in [2.45, 2.75) is 24.7 Å². The van der Waals surface area contributed by atoms with Crippen LogP contribution in [0.2, 0.25) is 0 Å². The molecular formula is C72H47N. The van der Waals surface area contributed by atoms with E-state index in [4.69, 9.17) is 0 Å². The van der Waals surface area contributed by atoms with Crippen molar-refractivity contribution in [3.8, 4) is 44.5 Å². The lowest BCUT2D eigenvalue weighted by atomic mass is 9.70. The first kappa shape index (κ1) is 40.7. The van der Waals surface area contributed by atoms with Gasteiger partial charge in [0.05, 0.1) is 11.1 Å². The van der Waals surface area contributed by atoms with Crippen molar-refractivity contribution < 1.29 is 0 Å². The molecule has 13 aromatic rings. The van der Waals surface area contributed by atoms with E-state index in [-0.39, 0.29) is 5.41 Å². The Balaban J connectivity index is 1.06. The smallest absolute Gasteiger partial charge is 0.0726 e. The van der Waals surface area contributed by atoms with Crippen LogP contribution in [0.1, 0.15) is 47.2 Å². The standard InChI is InChI=1S/C72H47N/c1-71(2)64-27-13-9-23-55(64)59-38-36-48(41-68(59)71)73(47-35-37-54-52-21-6-5-19-50(52)51-20-7-8-22-53(51)62(54)40-47)70-43-69-63(42-61(70)46-34-33-45-32-31-44-17-3-4-18-49(44)60(45)39-46)58-26-12-16-30-67(58)72(69)65-28-14-10-24-56(65)57-25-11-15-29-66(57)72/h3-43H,1-2H3. The summed E-state index contributed by atoms with van der Waals surface area (Å²) in [5.74, 6) is 0. The van der Waals surface area contributed by atoms with Crippen LogP contribution >= 0.6 is 0 Å². The first-order valence-electron chi connectivity index (χ1n) is 25.7. The van der Waals surface area contributed by atoms with E-state index in [9.17, 15) is 0 Å². The Kier molecular flexibility index (Phi) is 8.22. The Morgan fingerprint density at radius 1 is 0.260 bits per heavy atom. The van der Waals surface area contributed by atoms with Gasteiger partial charge in [-0.1, -0.05) is 220 Å². The Hall–Kier alpha value is -9.04. The lowest BCUT2D eigenvalue weighted by molar-refractivity contribution is 0.660. The van der Waals surface area contributed by atoms with Gasteiger partial charge in [0.15, 0.2) is 0 Å². The molecule has 0 fully saturated rings. The van der Waals surface area contributed by atoms with Crippen molar-refractivity contribution in [1.82, 2.24) is 0 Å². The molecule has 1 spiro atoms. The predicted octanol–water partition coefficient (Wildman–Crippen LogP) is 19.2.